The van der Waals surface area contributed by atoms with Crippen LogP contribution in [0.2, 0.25) is 0 Å². The molecule has 2 rings (SSSR count). The van der Waals surface area contributed by atoms with Crippen molar-refractivity contribution in [1.29, 1.82) is 0 Å². The number of nitrogens with one attached hydrogen (secondary N) is 1. The zero-order valence-corrected chi connectivity index (χ0v) is 13.5. The molecule has 116 valence electrons. The van der Waals surface area contributed by atoms with Gasteiger partial charge in [-0.2, -0.15) is 0 Å². The minimum absolute atomic E-state index is 0.0986. The summed E-state index contributed by atoms with van der Waals surface area (Å²) in [5.41, 5.74) is 1.25. The maximum atomic E-state index is 11.7. The highest BCUT2D eigenvalue weighted by molar-refractivity contribution is 8.00. The van der Waals surface area contributed by atoms with Crippen molar-refractivity contribution in [3.63, 3.8) is 0 Å². The Labute approximate surface area is 136 Å². The Balaban J connectivity index is 1.66. The van der Waals surface area contributed by atoms with Gasteiger partial charge in [0, 0.05) is 6.54 Å². The fourth-order valence-electron chi connectivity index (χ4n) is 1.89. The van der Waals surface area contributed by atoms with Crippen LogP contribution in [0.5, 0.6) is 0 Å². The van der Waals surface area contributed by atoms with E-state index in [0.717, 1.165) is 24.2 Å². The van der Waals surface area contributed by atoms with Crippen LogP contribution >= 0.6 is 23.1 Å². The molecule has 2 aromatic rings. The minimum Gasteiger partial charge on any atom is -0.355 e. The maximum Gasteiger partial charge on any atom is 0.337 e. The van der Waals surface area contributed by atoms with E-state index in [4.69, 9.17) is 0 Å². The van der Waals surface area contributed by atoms with Gasteiger partial charge in [0.15, 0.2) is 0 Å². The highest BCUT2D eigenvalue weighted by Gasteiger charge is 2.16. The van der Waals surface area contributed by atoms with Gasteiger partial charge in [-0.25, -0.2) is 0 Å². The quantitative estimate of drug-likeness (QED) is 0.347. The van der Waals surface area contributed by atoms with E-state index in [-0.39, 0.29) is 16.7 Å². The lowest BCUT2D eigenvalue weighted by atomic mass is 10.1. The first-order valence-electron chi connectivity index (χ1n) is 6.82. The molecule has 0 atom stereocenters. The van der Waals surface area contributed by atoms with Crippen molar-refractivity contribution in [3.05, 3.63) is 57.5 Å². The van der Waals surface area contributed by atoms with Crippen LogP contribution in [0.15, 0.2) is 46.7 Å². The fraction of sp³-hybridized carbons (Fsp3) is 0.267. The number of benzene rings is 1. The van der Waals surface area contributed by atoms with Crippen molar-refractivity contribution in [3.8, 4) is 0 Å². The minimum atomic E-state index is -0.412. The monoisotopic (exact) mass is 336 g/mol. The van der Waals surface area contributed by atoms with Crippen molar-refractivity contribution in [2.45, 2.75) is 17.7 Å². The van der Waals surface area contributed by atoms with Gasteiger partial charge in [-0.3, -0.25) is 14.9 Å². The normalized spacial score (nSPS) is 10.4. The Morgan fingerprint density at radius 2 is 2.05 bits per heavy atom. The predicted octanol–water partition coefficient (Wildman–Crippen LogP) is 3.50. The van der Waals surface area contributed by atoms with Crippen molar-refractivity contribution in [2.24, 2.45) is 0 Å². The zero-order chi connectivity index (χ0) is 15.8. The van der Waals surface area contributed by atoms with Gasteiger partial charge in [0.1, 0.15) is 0 Å². The van der Waals surface area contributed by atoms with E-state index < -0.39 is 4.92 Å². The fourth-order valence-corrected chi connectivity index (χ4v) is 3.65. The topological polar surface area (TPSA) is 72.2 Å². The number of nitrogens with zero attached hydrogens (tertiary/aromatic N) is 1. The Hall–Kier alpha value is -1.86. The number of thiophene rings is 1. The molecule has 5 nitrogen and oxygen atoms in total. The second-order valence-electron chi connectivity index (χ2n) is 4.57. The summed E-state index contributed by atoms with van der Waals surface area (Å²) >= 11 is 2.28. The molecular weight excluding hydrogens is 320 g/mol. The molecule has 22 heavy (non-hydrogen) atoms. The molecule has 0 bridgehead atoms. The largest absolute Gasteiger partial charge is 0.355 e. The highest BCUT2D eigenvalue weighted by Crippen LogP contribution is 2.33. The number of thioether (sulfide) groups is 1. The molecule has 0 fully saturated rings. The summed E-state index contributed by atoms with van der Waals surface area (Å²) in [6.45, 7) is 0.611. The van der Waals surface area contributed by atoms with E-state index in [1.165, 1.54) is 17.3 Å². The molecule has 0 aliphatic heterocycles. The molecular formula is C15H16N2O3S2. The molecule has 1 aromatic heterocycles. The van der Waals surface area contributed by atoms with Gasteiger partial charge in [0.25, 0.3) is 0 Å². The van der Waals surface area contributed by atoms with Crippen LogP contribution in [-0.2, 0) is 11.2 Å². The van der Waals surface area contributed by atoms with E-state index in [9.17, 15) is 14.9 Å². The molecule has 1 amide bonds. The van der Waals surface area contributed by atoms with E-state index in [2.05, 4.69) is 17.4 Å². The number of rotatable bonds is 8. The Morgan fingerprint density at radius 3 is 2.77 bits per heavy atom. The summed E-state index contributed by atoms with van der Waals surface area (Å²) in [5.74, 6) is 0.0988. The van der Waals surface area contributed by atoms with Crippen molar-refractivity contribution < 1.29 is 9.72 Å². The molecule has 7 heteroatoms. The Kier molecular flexibility index (Phi) is 6.42. The van der Waals surface area contributed by atoms with Gasteiger partial charge < -0.3 is 5.32 Å². The first-order chi connectivity index (χ1) is 10.7. The van der Waals surface area contributed by atoms with Gasteiger partial charge in [-0.1, -0.05) is 41.7 Å². The van der Waals surface area contributed by atoms with Gasteiger partial charge in [-0.15, -0.1) is 11.8 Å². The summed E-state index contributed by atoms with van der Waals surface area (Å²) in [6.07, 6.45) is 1.79. The maximum absolute atomic E-state index is 11.7. The summed E-state index contributed by atoms with van der Waals surface area (Å²) in [5, 5.41) is 15.4. The Morgan fingerprint density at radius 1 is 1.27 bits per heavy atom. The van der Waals surface area contributed by atoms with Crippen LogP contribution in [0.25, 0.3) is 0 Å². The Bertz CT molecular complexity index is 629. The van der Waals surface area contributed by atoms with Crippen LogP contribution in [0.1, 0.15) is 12.0 Å². The first-order valence-corrected chi connectivity index (χ1v) is 8.68. The van der Waals surface area contributed by atoms with Crippen LogP contribution in [0.4, 0.5) is 5.00 Å². The van der Waals surface area contributed by atoms with E-state index in [1.807, 2.05) is 18.2 Å². The van der Waals surface area contributed by atoms with Crippen molar-refractivity contribution in [2.75, 3.05) is 12.3 Å². The van der Waals surface area contributed by atoms with Crippen LogP contribution in [0.3, 0.4) is 0 Å². The molecule has 0 aliphatic carbocycles. The number of hydrogen-bond acceptors (Lipinski definition) is 5. The van der Waals surface area contributed by atoms with Crippen LogP contribution in [0, 0.1) is 10.1 Å². The number of aryl methyl sites for hydroxylation is 1. The zero-order valence-electron chi connectivity index (χ0n) is 11.9. The van der Waals surface area contributed by atoms with Crippen LogP contribution in [-0.4, -0.2) is 23.1 Å². The van der Waals surface area contributed by atoms with Gasteiger partial charge >= 0.3 is 5.00 Å². The number of nitro groups is 1. The summed E-state index contributed by atoms with van der Waals surface area (Å²) in [7, 11) is 0. The standard InChI is InChI=1S/C15H16N2O3S2/c18-14(11-22-13-8-10-21-15(13)17(19)20)16-9-4-7-12-5-2-1-3-6-12/h1-3,5-6,8,10H,4,7,9,11H2,(H,16,18). The SMILES string of the molecule is O=C(CSc1ccsc1[N+](=O)[O-])NCCCc1ccccc1. The summed E-state index contributed by atoms with van der Waals surface area (Å²) < 4.78 is 0. The number of carbonyl (C=O) groups excluding carboxylic acids is 1. The predicted molar refractivity (Wildman–Crippen MR) is 89.5 cm³/mol. The van der Waals surface area contributed by atoms with Crippen LogP contribution < -0.4 is 5.32 Å². The lowest BCUT2D eigenvalue weighted by Gasteiger charge is -2.05. The molecule has 1 aromatic carbocycles. The highest BCUT2D eigenvalue weighted by atomic mass is 32.2. The van der Waals surface area contributed by atoms with Gasteiger partial charge in [-0.05, 0) is 29.9 Å². The summed E-state index contributed by atoms with van der Waals surface area (Å²) in [4.78, 5) is 22.6. The van der Waals surface area contributed by atoms with Crippen molar-refractivity contribution in [1.82, 2.24) is 5.32 Å². The van der Waals surface area contributed by atoms with E-state index in [1.54, 1.807) is 11.4 Å². The number of carbonyl (C=O) groups is 1. The smallest absolute Gasteiger partial charge is 0.337 e. The lowest BCUT2D eigenvalue weighted by molar-refractivity contribution is -0.382. The average molecular weight is 336 g/mol. The summed E-state index contributed by atoms with van der Waals surface area (Å²) in [6, 6.07) is 11.8. The lowest BCUT2D eigenvalue weighted by Crippen LogP contribution is -2.26. The van der Waals surface area contributed by atoms with E-state index in [0.29, 0.717) is 11.4 Å². The van der Waals surface area contributed by atoms with E-state index >= 15 is 0 Å². The molecule has 0 saturated heterocycles. The average Bonchev–Trinajstić information content (AvgIpc) is 2.99. The second kappa shape index (κ2) is 8.55. The number of hydrogen-bond donors (Lipinski definition) is 1. The molecule has 0 aliphatic rings. The second-order valence-corrected chi connectivity index (χ2v) is 6.49. The molecule has 0 spiro atoms. The van der Waals surface area contributed by atoms with Crippen molar-refractivity contribution >= 4 is 34.0 Å². The molecule has 0 saturated carbocycles. The molecule has 0 radical (unpaired) electrons. The van der Waals surface area contributed by atoms with Gasteiger partial charge in [0.05, 0.1) is 15.6 Å². The molecule has 0 unspecified atom stereocenters. The number of amides is 1. The molecule has 1 heterocycles. The molecule has 1 N–H and O–H groups in total. The van der Waals surface area contributed by atoms with Gasteiger partial charge in [0.2, 0.25) is 5.91 Å². The third kappa shape index (κ3) is 5.16. The third-order valence-electron chi connectivity index (χ3n) is 2.94. The third-order valence-corrected chi connectivity index (χ3v) is 4.98. The first kappa shape index (κ1) is 16.5.